The second kappa shape index (κ2) is 25.3. The zero-order valence-electron chi connectivity index (χ0n) is 41.3. The molecule has 0 aromatic heterocycles. The van der Waals surface area contributed by atoms with Crippen LogP contribution in [-0.2, 0) is 23.9 Å². The van der Waals surface area contributed by atoms with Crippen molar-refractivity contribution in [2.75, 3.05) is 0 Å². The fourth-order valence-electron chi connectivity index (χ4n) is 9.87. The molecule has 364 valence electrons. The van der Waals surface area contributed by atoms with Gasteiger partial charge in [-0.2, -0.15) is 0 Å². The molecule has 0 saturated carbocycles. The van der Waals surface area contributed by atoms with Gasteiger partial charge in [-0.15, -0.1) is 0 Å². The van der Waals surface area contributed by atoms with Crippen molar-refractivity contribution in [3.05, 3.63) is 359 Å². The summed E-state index contributed by atoms with van der Waals surface area (Å²) in [6.45, 7) is 0. The average molecular weight is 997 g/mol. The predicted molar refractivity (Wildman–Crippen MR) is 315 cm³/mol. The summed E-state index contributed by atoms with van der Waals surface area (Å²) in [4.78, 5) is 0. The SMILES string of the molecule is S=C(NC(Cc1ccccc1)c1ccccc1)NC(Cc1ccccc1)c1ccccc1.S=C(NC(c1ccccc1)(c1ccccc1)c1ccccc1)NC(c1ccccc1)(c1ccccc1)c1ccccc1. The van der Waals surface area contributed by atoms with E-state index in [1.54, 1.807) is 0 Å². The molecule has 4 N–H and O–H groups in total. The molecule has 10 aromatic carbocycles. The lowest BCUT2D eigenvalue weighted by Crippen LogP contribution is -2.57. The van der Waals surface area contributed by atoms with E-state index in [2.05, 4.69) is 276 Å². The molecular weight excluding hydrogens is 937 g/mol. The van der Waals surface area contributed by atoms with Gasteiger partial charge in [0.15, 0.2) is 10.2 Å². The molecule has 10 aromatic rings. The third-order valence-electron chi connectivity index (χ3n) is 13.4. The first-order valence-corrected chi connectivity index (χ1v) is 26.0. The highest BCUT2D eigenvalue weighted by molar-refractivity contribution is 7.80. The van der Waals surface area contributed by atoms with Crippen molar-refractivity contribution >= 4 is 34.7 Å². The molecule has 0 aliphatic carbocycles. The molecule has 0 radical (unpaired) electrons. The van der Waals surface area contributed by atoms with Gasteiger partial charge in [-0.25, -0.2) is 0 Å². The van der Waals surface area contributed by atoms with Crippen molar-refractivity contribution in [3.63, 3.8) is 0 Å². The van der Waals surface area contributed by atoms with E-state index in [0.29, 0.717) is 10.2 Å². The van der Waals surface area contributed by atoms with Crippen molar-refractivity contribution in [1.82, 2.24) is 21.3 Å². The lowest BCUT2D eigenvalue weighted by Gasteiger charge is -2.42. The van der Waals surface area contributed by atoms with Crippen molar-refractivity contribution in [1.29, 1.82) is 0 Å². The Hall–Kier alpha value is -8.42. The molecule has 0 saturated heterocycles. The Morgan fingerprint density at radius 3 is 0.703 bits per heavy atom. The molecule has 0 fully saturated rings. The third-order valence-corrected chi connectivity index (χ3v) is 13.9. The average Bonchev–Trinajstić information content (AvgIpc) is 3.49. The summed E-state index contributed by atoms with van der Waals surface area (Å²) in [7, 11) is 0. The van der Waals surface area contributed by atoms with Gasteiger partial charge in [-0.3, -0.25) is 0 Å². The number of hydrogen-bond acceptors (Lipinski definition) is 2. The second-order valence-electron chi connectivity index (χ2n) is 18.2. The van der Waals surface area contributed by atoms with Crippen molar-refractivity contribution in [3.8, 4) is 0 Å². The third kappa shape index (κ3) is 12.4. The largest absolute Gasteiger partial charge is 0.356 e. The Bertz CT molecular complexity index is 2810. The van der Waals surface area contributed by atoms with Crippen molar-refractivity contribution in [2.45, 2.75) is 36.0 Å². The van der Waals surface area contributed by atoms with Crippen LogP contribution in [0.25, 0.3) is 0 Å². The van der Waals surface area contributed by atoms with Crippen LogP contribution >= 0.6 is 24.4 Å². The van der Waals surface area contributed by atoms with Gasteiger partial charge in [0.1, 0.15) is 11.1 Å². The van der Waals surface area contributed by atoms with E-state index in [1.807, 2.05) is 48.5 Å². The van der Waals surface area contributed by atoms with Gasteiger partial charge >= 0.3 is 0 Å². The first-order chi connectivity index (χ1) is 36.5. The van der Waals surface area contributed by atoms with E-state index in [0.717, 1.165) is 46.2 Å². The normalized spacial score (nSPS) is 11.9. The first kappa shape index (κ1) is 50.5. The highest BCUT2D eigenvalue weighted by Crippen LogP contribution is 2.40. The molecule has 0 heterocycles. The fourth-order valence-corrected chi connectivity index (χ4v) is 10.5. The summed E-state index contributed by atoms with van der Waals surface area (Å²) in [5.74, 6) is 0. The Labute approximate surface area is 448 Å². The smallest absolute Gasteiger partial charge is 0.168 e. The Morgan fingerprint density at radius 1 is 0.270 bits per heavy atom. The number of benzene rings is 10. The van der Waals surface area contributed by atoms with Gasteiger partial charge in [0.05, 0.1) is 12.1 Å². The second-order valence-corrected chi connectivity index (χ2v) is 19.0. The van der Waals surface area contributed by atoms with Crippen molar-refractivity contribution < 1.29 is 0 Å². The van der Waals surface area contributed by atoms with Gasteiger partial charge in [-0.05, 0) is 92.9 Å². The zero-order valence-corrected chi connectivity index (χ0v) is 42.9. The number of thiocarbonyl (C=S) groups is 2. The molecule has 10 rings (SSSR count). The molecule has 0 aliphatic heterocycles. The minimum atomic E-state index is -0.746. The lowest BCUT2D eigenvalue weighted by molar-refractivity contribution is 0.524. The summed E-state index contributed by atoms with van der Waals surface area (Å²) in [6, 6.07) is 105. The fraction of sp³-hybridized carbons (Fsp3) is 0.0882. The molecule has 2 unspecified atom stereocenters. The molecule has 0 bridgehead atoms. The van der Waals surface area contributed by atoms with E-state index in [9.17, 15) is 0 Å². The monoisotopic (exact) mass is 996 g/mol. The van der Waals surface area contributed by atoms with Gasteiger partial charge in [0, 0.05) is 0 Å². The zero-order chi connectivity index (χ0) is 50.7. The molecular formula is C68H60N4S2. The van der Waals surface area contributed by atoms with Crippen LogP contribution in [-0.4, -0.2) is 10.2 Å². The highest BCUT2D eigenvalue weighted by atomic mass is 32.1. The van der Waals surface area contributed by atoms with Gasteiger partial charge in [-0.1, -0.05) is 303 Å². The van der Waals surface area contributed by atoms with Gasteiger partial charge < -0.3 is 21.3 Å². The van der Waals surface area contributed by atoms with E-state index < -0.39 is 11.1 Å². The predicted octanol–water partition coefficient (Wildman–Crippen LogP) is 14.9. The van der Waals surface area contributed by atoms with Crippen LogP contribution in [0, 0.1) is 0 Å². The van der Waals surface area contributed by atoms with Crippen LogP contribution in [0.4, 0.5) is 0 Å². The number of rotatable bonds is 16. The molecule has 74 heavy (non-hydrogen) atoms. The first-order valence-electron chi connectivity index (χ1n) is 25.2. The number of hydrogen-bond donors (Lipinski definition) is 4. The quantitative estimate of drug-likeness (QED) is 0.0572. The van der Waals surface area contributed by atoms with E-state index in [1.165, 1.54) is 22.3 Å². The molecule has 0 spiro atoms. The Morgan fingerprint density at radius 2 is 0.473 bits per heavy atom. The van der Waals surface area contributed by atoms with Gasteiger partial charge in [0.25, 0.3) is 0 Å². The summed E-state index contributed by atoms with van der Waals surface area (Å²) in [5, 5.41) is 16.1. The minimum Gasteiger partial charge on any atom is -0.356 e. The standard InChI is InChI=1S/C39H32N2S.C29H28N2S/c42-37(40-38(31-19-7-1-8-20-31,32-21-9-2-10-22-32)33-23-11-3-12-24-33)41-39(34-25-13-4-14-26-34,35-27-15-5-16-28-35)36-29-17-6-18-30-36;32-29(30-27(25-17-9-3-10-18-25)21-23-13-5-1-6-14-23)31-28(26-19-11-4-12-20-26)22-24-15-7-2-8-16-24/h1-30H,(H2,40,41,42);1-20,27-28H,21-22H2,(H2,30,31,32). The summed E-state index contributed by atoms with van der Waals surface area (Å²) in [6.07, 6.45) is 1.72. The summed E-state index contributed by atoms with van der Waals surface area (Å²) in [5.41, 5.74) is 10.1. The molecule has 2 atom stereocenters. The van der Waals surface area contributed by atoms with Crippen LogP contribution < -0.4 is 21.3 Å². The summed E-state index contributed by atoms with van der Waals surface area (Å²) < 4.78 is 0. The van der Waals surface area contributed by atoms with Crippen LogP contribution in [0.2, 0.25) is 0 Å². The maximum absolute atomic E-state index is 6.33. The van der Waals surface area contributed by atoms with Crippen LogP contribution in [0.3, 0.4) is 0 Å². The molecule has 0 aliphatic rings. The van der Waals surface area contributed by atoms with Crippen LogP contribution in [0.5, 0.6) is 0 Å². The van der Waals surface area contributed by atoms with Crippen LogP contribution in [0.1, 0.15) is 67.7 Å². The molecule has 4 nitrogen and oxygen atoms in total. The topological polar surface area (TPSA) is 48.1 Å². The summed E-state index contributed by atoms with van der Waals surface area (Å²) >= 11 is 12.1. The van der Waals surface area contributed by atoms with E-state index >= 15 is 0 Å². The maximum Gasteiger partial charge on any atom is 0.168 e. The van der Waals surface area contributed by atoms with E-state index in [-0.39, 0.29) is 12.1 Å². The van der Waals surface area contributed by atoms with Crippen LogP contribution in [0.15, 0.2) is 303 Å². The molecule has 6 heteroatoms. The highest BCUT2D eigenvalue weighted by Gasteiger charge is 2.41. The minimum absolute atomic E-state index is 0.0896. The number of nitrogens with one attached hydrogen (secondary N) is 4. The Kier molecular flexibility index (Phi) is 17.3. The lowest BCUT2D eigenvalue weighted by atomic mass is 9.76. The van der Waals surface area contributed by atoms with E-state index in [4.69, 9.17) is 24.4 Å². The van der Waals surface area contributed by atoms with Gasteiger partial charge in [0.2, 0.25) is 0 Å². The molecule has 0 amide bonds. The maximum atomic E-state index is 6.33. The Balaban J connectivity index is 0.000000189. The van der Waals surface area contributed by atoms with Crippen molar-refractivity contribution in [2.24, 2.45) is 0 Å².